The molecule has 1 N–H and O–H groups in total. The van der Waals surface area contributed by atoms with Gasteiger partial charge < -0.3 is 5.11 Å². The molecule has 0 heterocycles. The molecule has 3 heteroatoms. The van der Waals surface area contributed by atoms with Crippen LogP contribution >= 0.6 is 22.6 Å². The van der Waals surface area contributed by atoms with Gasteiger partial charge in [0.2, 0.25) is 0 Å². The maximum atomic E-state index is 9.89. The molecule has 0 aliphatic heterocycles. The summed E-state index contributed by atoms with van der Waals surface area (Å²) in [5.74, 6) is -0.865. The van der Waals surface area contributed by atoms with Crippen molar-refractivity contribution in [3.8, 4) is 0 Å². The highest BCUT2D eigenvalue weighted by Crippen LogP contribution is 2.08. The second-order valence-electron chi connectivity index (χ2n) is 1.28. The fraction of sp³-hybridized carbons (Fsp3) is 0.400. The molecule has 0 fully saturated rings. The van der Waals surface area contributed by atoms with E-state index >= 15 is 0 Å². The van der Waals surface area contributed by atoms with Crippen LogP contribution in [0, 0.1) is 0 Å². The highest BCUT2D eigenvalue weighted by molar-refractivity contribution is 14.1. The maximum Gasteiger partial charge on any atom is 0.329 e. The van der Waals surface area contributed by atoms with Crippen molar-refractivity contribution in [3.05, 3.63) is 9.66 Å². The van der Waals surface area contributed by atoms with E-state index in [4.69, 9.17) is 5.11 Å². The first-order valence-electron chi connectivity index (χ1n) is 2.25. The second kappa shape index (κ2) is 3.88. The van der Waals surface area contributed by atoms with Crippen molar-refractivity contribution in [2.75, 3.05) is 0 Å². The highest BCUT2D eigenvalue weighted by Gasteiger charge is 1.89. The first kappa shape index (κ1) is 7.94. The fourth-order valence-corrected chi connectivity index (χ4v) is 0.502. The Morgan fingerprint density at radius 3 is 2.50 bits per heavy atom. The van der Waals surface area contributed by atoms with Gasteiger partial charge in [0.25, 0.3) is 0 Å². The van der Waals surface area contributed by atoms with E-state index in [0.29, 0.717) is 0 Å². The van der Waals surface area contributed by atoms with Crippen molar-refractivity contribution < 1.29 is 9.90 Å². The van der Waals surface area contributed by atoms with Crippen LogP contribution in [0.15, 0.2) is 9.66 Å². The van der Waals surface area contributed by atoms with Gasteiger partial charge in [-0.2, -0.15) is 0 Å². The molecule has 0 aliphatic rings. The average Bonchev–Trinajstić information content (AvgIpc) is 1.65. The second-order valence-corrected chi connectivity index (χ2v) is 2.67. The van der Waals surface area contributed by atoms with Crippen molar-refractivity contribution in [2.45, 2.75) is 13.3 Å². The van der Waals surface area contributed by atoms with Crippen LogP contribution in [-0.4, -0.2) is 11.1 Å². The van der Waals surface area contributed by atoms with Gasteiger partial charge in [0.1, 0.15) is 0 Å². The van der Waals surface area contributed by atoms with Gasteiger partial charge in [0.15, 0.2) is 0 Å². The Morgan fingerprint density at radius 1 is 1.88 bits per heavy atom. The number of hydrogen-bond donors (Lipinski definition) is 1. The van der Waals surface area contributed by atoms with E-state index in [9.17, 15) is 4.79 Å². The Bertz CT molecular complexity index is 118. The molecule has 0 aromatic heterocycles. The third-order valence-electron chi connectivity index (χ3n) is 0.618. The van der Waals surface area contributed by atoms with E-state index < -0.39 is 5.97 Å². The van der Waals surface area contributed by atoms with E-state index in [1.165, 1.54) is 6.08 Å². The van der Waals surface area contributed by atoms with Gasteiger partial charge in [-0.25, -0.2) is 4.79 Å². The zero-order chi connectivity index (χ0) is 6.57. The summed E-state index contributed by atoms with van der Waals surface area (Å²) < 4.78 is 0.870. The van der Waals surface area contributed by atoms with E-state index in [0.717, 1.165) is 10.0 Å². The number of allylic oxidation sites excluding steroid dienone is 1. The van der Waals surface area contributed by atoms with Crippen LogP contribution in [0.2, 0.25) is 0 Å². The van der Waals surface area contributed by atoms with Gasteiger partial charge in [-0.05, 0) is 32.6 Å². The molecule has 0 aromatic carbocycles. The normalized spacial score (nSPS) is 11.5. The minimum absolute atomic E-state index is 0.798. The van der Waals surface area contributed by atoms with Gasteiger partial charge in [-0.3, -0.25) is 0 Å². The molecular weight excluding hydrogens is 219 g/mol. The molecule has 0 amide bonds. The van der Waals surface area contributed by atoms with Crippen LogP contribution in [0.4, 0.5) is 0 Å². The van der Waals surface area contributed by atoms with E-state index in [1.807, 2.05) is 29.5 Å². The standard InChI is InChI=1S/C5H7IO2/c1-2-4(6)3-5(7)8/h3H,2H2,1H3,(H,7,8)/b4-3+. The molecule has 0 rings (SSSR count). The SMILES string of the molecule is CC/C(I)=C\C(=O)O. The third kappa shape index (κ3) is 4.11. The minimum Gasteiger partial charge on any atom is -0.478 e. The van der Waals surface area contributed by atoms with Crippen molar-refractivity contribution >= 4 is 28.6 Å². The topological polar surface area (TPSA) is 37.3 Å². The average molecular weight is 226 g/mol. The van der Waals surface area contributed by atoms with Crippen LogP contribution in [0.1, 0.15) is 13.3 Å². The number of halogens is 1. The quantitative estimate of drug-likeness (QED) is 0.575. The molecule has 0 spiro atoms. The van der Waals surface area contributed by atoms with Crippen LogP contribution in [0.25, 0.3) is 0 Å². The molecule has 2 nitrogen and oxygen atoms in total. The predicted molar refractivity (Wildman–Crippen MR) is 40.0 cm³/mol. The lowest BCUT2D eigenvalue weighted by Crippen LogP contribution is -1.86. The van der Waals surface area contributed by atoms with Gasteiger partial charge in [0.05, 0.1) is 0 Å². The summed E-state index contributed by atoms with van der Waals surface area (Å²) in [6.45, 7) is 1.92. The van der Waals surface area contributed by atoms with Gasteiger partial charge in [-0.15, -0.1) is 0 Å². The fourth-order valence-electron chi connectivity index (χ4n) is 0.236. The lowest BCUT2D eigenvalue weighted by molar-refractivity contribution is -0.131. The summed E-state index contributed by atoms with van der Waals surface area (Å²) in [5.41, 5.74) is 0. The number of aliphatic carboxylic acids is 1. The lowest BCUT2D eigenvalue weighted by Gasteiger charge is -1.85. The molecule has 0 aromatic rings. The van der Waals surface area contributed by atoms with Gasteiger partial charge >= 0.3 is 5.97 Å². The third-order valence-corrected chi connectivity index (χ3v) is 1.69. The Hall–Kier alpha value is -0.0600. The molecule has 0 bridgehead atoms. The van der Waals surface area contributed by atoms with Crippen molar-refractivity contribution in [3.63, 3.8) is 0 Å². The Kier molecular flexibility index (Phi) is 3.85. The molecule has 0 aliphatic carbocycles. The molecule has 8 heavy (non-hydrogen) atoms. The predicted octanol–water partition coefficient (Wildman–Crippen LogP) is 1.80. The van der Waals surface area contributed by atoms with Gasteiger partial charge in [0, 0.05) is 6.08 Å². The molecular formula is C5H7IO2. The highest BCUT2D eigenvalue weighted by atomic mass is 127. The van der Waals surface area contributed by atoms with Crippen LogP contribution in [0.5, 0.6) is 0 Å². The largest absolute Gasteiger partial charge is 0.478 e. The lowest BCUT2D eigenvalue weighted by atomic mass is 10.4. The first-order chi connectivity index (χ1) is 3.66. The molecule has 0 atom stereocenters. The molecule has 0 unspecified atom stereocenters. The Labute approximate surface area is 61.7 Å². The zero-order valence-corrected chi connectivity index (χ0v) is 6.68. The number of carboxylic acids is 1. The van der Waals surface area contributed by atoms with Crippen LogP contribution in [-0.2, 0) is 4.79 Å². The van der Waals surface area contributed by atoms with Crippen LogP contribution < -0.4 is 0 Å². The van der Waals surface area contributed by atoms with Crippen molar-refractivity contribution in [1.29, 1.82) is 0 Å². The smallest absolute Gasteiger partial charge is 0.329 e. The molecule has 0 saturated heterocycles. The first-order valence-corrected chi connectivity index (χ1v) is 3.33. The Balaban J connectivity index is 3.75. The summed E-state index contributed by atoms with van der Waals surface area (Å²) in [6.07, 6.45) is 2.01. The van der Waals surface area contributed by atoms with Crippen molar-refractivity contribution in [1.82, 2.24) is 0 Å². The van der Waals surface area contributed by atoms with E-state index in [1.54, 1.807) is 0 Å². The summed E-state index contributed by atoms with van der Waals surface area (Å²) in [7, 11) is 0. The molecule has 0 saturated carbocycles. The number of carboxylic acid groups (broad SMARTS) is 1. The van der Waals surface area contributed by atoms with E-state index in [-0.39, 0.29) is 0 Å². The minimum atomic E-state index is -0.865. The van der Waals surface area contributed by atoms with E-state index in [2.05, 4.69) is 0 Å². The summed E-state index contributed by atoms with van der Waals surface area (Å²) >= 11 is 2.00. The summed E-state index contributed by atoms with van der Waals surface area (Å²) in [6, 6.07) is 0. The monoisotopic (exact) mass is 226 g/mol. The number of hydrogen-bond acceptors (Lipinski definition) is 1. The van der Waals surface area contributed by atoms with Gasteiger partial charge in [-0.1, -0.05) is 6.92 Å². The van der Waals surface area contributed by atoms with Crippen molar-refractivity contribution in [2.24, 2.45) is 0 Å². The number of rotatable bonds is 2. The Morgan fingerprint density at radius 2 is 2.38 bits per heavy atom. The maximum absolute atomic E-state index is 9.89. The summed E-state index contributed by atoms with van der Waals surface area (Å²) in [5, 5.41) is 8.13. The molecule has 0 radical (unpaired) electrons. The molecule has 46 valence electrons. The summed E-state index contributed by atoms with van der Waals surface area (Å²) in [4.78, 5) is 9.89. The van der Waals surface area contributed by atoms with Crippen LogP contribution in [0.3, 0.4) is 0 Å². The zero-order valence-electron chi connectivity index (χ0n) is 4.52. The number of carbonyl (C=O) groups is 1.